The number of allylic oxidation sites excluding steroid dienone is 1. The van der Waals surface area contributed by atoms with Crippen molar-refractivity contribution in [1.82, 2.24) is 0 Å². The standard InChI is InChI=1S/C10H7BrO.C9H6BrNO/c11-9-5-7-3-1-2-4-8(7)6-10(9)12;10-8-5-7-3-1-2-4-9(7)11(12)6-8/h1-5H,6H2;1-6H. The number of halogens is 2. The van der Waals surface area contributed by atoms with Crippen LogP contribution in [0.3, 0.4) is 0 Å². The van der Waals surface area contributed by atoms with Crippen LogP contribution in [-0.4, -0.2) is 5.78 Å². The number of nitrogens with zero attached hydrogens (tertiary/aromatic N) is 1. The lowest BCUT2D eigenvalue weighted by atomic mass is 9.97. The SMILES string of the molecule is O=C1Cc2ccccc2C=C1Br.[O-][n+]1cc(Br)cc2ccccc21. The molecule has 0 atom stereocenters. The summed E-state index contributed by atoms with van der Waals surface area (Å²) >= 11 is 6.50. The minimum Gasteiger partial charge on any atom is -0.618 e. The van der Waals surface area contributed by atoms with E-state index in [-0.39, 0.29) is 5.78 Å². The summed E-state index contributed by atoms with van der Waals surface area (Å²) in [5, 5.41) is 12.2. The molecule has 0 saturated carbocycles. The third-order valence-corrected chi connectivity index (χ3v) is 4.77. The smallest absolute Gasteiger partial charge is 0.223 e. The van der Waals surface area contributed by atoms with Crippen molar-refractivity contribution < 1.29 is 9.52 Å². The van der Waals surface area contributed by atoms with Crippen molar-refractivity contribution in [1.29, 1.82) is 0 Å². The molecule has 1 aliphatic rings. The molecule has 0 bridgehead atoms. The molecule has 1 heterocycles. The van der Waals surface area contributed by atoms with Crippen molar-refractivity contribution in [3.05, 3.63) is 86.1 Å². The summed E-state index contributed by atoms with van der Waals surface area (Å²) in [6, 6.07) is 17.3. The Hall–Kier alpha value is -1.98. The maximum Gasteiger partial charge on any atom is 0.223 e. The first-order valence-electron chi connectivity index (χ1n) is 7.30. The normalized spacial score (nSPS) is 12.9. The lowest BCUT2D eigenvalue weighted by molar-refractivity contribution is -0.577. The van der Waals surface area contributed by atoms with Crippen molar-refractivity contribution in [3.63, 3.8) is 0 Å². The predicted molar refractivity (Wildman–Crippen MR) is 103 cm³/mol. The van der Waals surface area contributed by atoms with Gasteiger partial charge in [0.1, 0.15) is 0 Å². The number of carbonyl (C=O) groups excluding carboxylic acids is 1. The van der Waals surface area contributed by atoms with Crippen LogP contribution in [-0.2, 0) is 11.2 Å². The molecule has 0 radical (unpaired) electrons. The molecule has 1 aromatic heterocycles. The lowest BCUT2D eigenvalue weighted by Gasteiger charge is -2.10. The number of hydrogen-bond acceptors (Lipinski definition) is 2. The van der Waals surface area contributed by atoms with Crippen molar-refractivity contribution in [2.45, 2.75) is 6.42 Å². The van der Waals surface area contributed by atoms with E-state index < -0.39 is 0 Å². The Morgan fingerprint density at radius 1 is 1.00 bits per heavy atom. The summed E-state index contributed by atoms with van der Waals surface area (Å²) in [5.41, 5.74) is 2.95. The molecule has 120 valence electrons. The number of ketones is 1. The average molecular weight is 447 g/mol. The van der Waals surface area contributed by atoms with E-state index in [1.807, 2.05) is 54.6 Å². The quantitative estimate of drug-likeness (QED) is 0.368. The summed E-state index contributed by atoms with van der Waals surface area (Å²) in [6.07, 6.45) is 3.90. The van der Waals surface area contributed by atoms with E-state index in [0.29, 0.717) is 16.4 Å². The molecule has 0 fully saturated rings. The van der Waals surface area contributed by atoms with E-state index >= 15 is 0 Å². The monoisotopic (exact) mass is 445 g/mol. The predicted octanol–water partition coefficient (Wildman–Crippen LogP) is 4.78. The molecular weight excluding hydrogens is 434 g/mol. The van der Waals surface area contributed by atoms with Gasteiger partial charge >= 0.3 is 0 Å². The summed E-state index contributed by atoms with van der Waals surface area (Å²) in [5.74, 6) is 0.161. The van der Waals surface area contributed by atoms with Gasteiger partial charge in [0.25, 0.3) is 0 Å². The number of Topliss-reactive ketones (excluding diaryl/α,β-unsaturated/α-hetero) is 1. The van der Waals surface area contributed by atoms with Crippen LogP contribution in [0.25, 0.3) is 17.0 Å². The zero-order valence-electron chi connectivity index (χ0n) is 12.6. The fourth-order valence-electron chi connectivity index (χ4n) is 2.49. The van der Waals surface area contributed by atoms with Crippen molar-refractivity contribution in [3.8, 4) is 0 Å². The maximum atomic E-state index is 11.3. The molecule has 0 amide bonds. The highest BCUT2D eigenvalue weighted by Crippen LogP contribution is 2.24. The van der Waals surface area contributed by atoms with E-state index in [2.05, 4.69) is 31.9 Å². The maximum absolute atomic E-state index is 11.3. The van der Waals surface area contributed by atoms with Gasteiger partial charge in [-0.25, -0.2) is 0 Å². The van der Waals surface area contributed by atoms with Crippen LogP contribution in [0.15, 0.2) is 69.7 Å². The molecule has 3 nitrogen and oxygen atoms in total. The van der Waals surface area contributed by atoms with Gasteiger partial charge in [0.2, 0.25) is 5.52 Å². The van der Waals surface area contributed by atoms with Gasteiger partial charge in [-0.2, -0.15) is 4.73 Å². The van der Waals surface area contributed by atoms with E-state index in [1.54, 1.807) is 6.07 Å². The molecule has 0 saturated heterocycles. The summed E-state index contributed by atoms with van der Waals surface area (Å²) in [7, 11) is 0. The summed E-state index contributed by atoms with van der Waals surface area (Å²) < 4.78 is 2.34. The van der Waals surface area contributed by atoms with Crippen LogP contribution in [0.4, 0.5) is 0 Å². The van der Waals surface area contributed by atoms with Crippen LogP contribution in [0.2, 0.25) is 0 Å². The van der Waals surface area contributed by atoms with E-state index in [4.69, 9.17) is 0 Å². The first-order chi connectivity index (χ1) is 11.5. The minimum atomic E-state index is 0.161. The minimum absolute atomic E-state index is 0.161. The van der Waals surface area contributed by atoms with Gasteiger partial charge in [-0.3, -0.25) is 4.79 Å². The molecule has 24 heavy (non-hydrogen) atoms. The number of benzene rings is 2. The van der Waals surface area contributed by atoms with Crippen molar-refractivity contribution >= 4 is 54.6 Å². The Kier molecular flexibility index (Phi) is 5.11. The number of pyridine rings is 1. The molecule has 0 unspecified atom stereocenters. The third-order valence-electron chi connectivity index (χ3n) is 3.66. The zero-order chi connectivity index (χ0) is 17.1. The number of rotatable bonds is 0. The third kappa shape index (κ3) is 3.74. The summed E-state index contributed by atoms with van der Waals surface area (Å²) in [4.78, 5) is 11.2. The molecular formula is C19H13Br2NO2. The number of carbonyl (C=O) groups is 1. The van der Waals surface area contributed by atoms with Crippen molar-refractivity contribution in [2.75, 3.05) is 0 Å². The highest BCUT2D eigenvalue weighted by Gasteiger charge is 2.15. The van der Waals surface area contributed by atoms with Gasteiger partial charge in [0, 0.05) is 17.9 Å². The Morgan fingerprint density at radius 3 is 2.54 bits per heavy atom. The van der Waals surface area contributed by atoms with Crippen LogP contribution >= 0.6 is 31.9 Å². The first-order valence-corrected chi connectivity index (χ1v) is 8.89. The fraction of sp³-hybridized carbons (Fsp3) is 0.0526. The fourth-order valence-corrected chi connectivity index (χ4v) is 3.31. The second kappa shape index (κ2) is 7.28. The Bertz CT molecular complexity index is 951. The van der Waals surface area contributed by atoms with Crippen LogP contribution in [0, 0.1) is 5.21 Å². The van der Waals surface area contributed by atoms with Gasteiger partial charge in [-0.05, 0) is 61.2 Å². The van der Waals surface area contributed by atoms with Gasteiger partial charge < -0.3 is 5.21 Å². The Morgan fingerprint density at radius 2 is 1.71 bits per heavy atom. The summed E-state index contributed by atoms with van der Waals surface area (Å²) in [6.45, 7) is 0. The number of para-hydroxylation sites is 1. The van der Waals surface area contributed by atoms with Crippen LogP contribution in [0.1, 0.15) is 11.1 Å². The Balaban J connectivity index is 0.000000141. The van der Waals surface area contributed by atoms with E-state index in [0.717, 1.165) is 25.7 Å². The molecule has 0 aliphatic heterocycles. The van der Waals surface area contributed by atoms with Gasteiger partial charge in [0.15, 0.2) is 12.0 Å². The first kappa shape index (κ1) is 16.9. The number of hydrogen-bond donors (Lipinski definition) is 0. The largest absolute Gasteiger partial charge is 0.618 e. The topological polar surface area (TPSA) is 44.0 Å². The zero-order valence-corrected chi connectivity index (χ0v) is 15.7. The highest BCUT2D eigenvalue weighted by molar-refractivity contribution is 9.12. The van der Waals surface area contributed by atoms with Crippen LogP contribution < -0.4 is 4.73 Å². The second-order valence-corrected chi connectivity index (χ2v) is 7.10. The molecule has 2 aromatic carbocycles. The molecule has 0 N–H and O–H groups in total. The van der Waals surface area contributed by atoms with Gasteiger partial charge in [-0.1, -0.05) is 36.4 Å². The molecule has 1 aliphatic carbocycles. The van der Waals surface area contributed by atoms with Gasteiger partial charge in [-0.15, -0.1) is 0 Å². The molecule has 3 aromatic rings. The van der Waals surface area contributed by atoms with Crippen LogP contribution in [0.5, 0.6) is 0 Å². The second-order valence-electron chi connectivity index (χ2n) is 5.33. The number of fused-ring (bicyclic) bond motifs is 2. The van der Waals surface area contributed by atoms with E-state index in [9.17, 15) is 10.0 Å². The van der Waals surface area contributed by atoms with E-state index in [1.165, 1.54) is 6.20 Å². The average Bonchev–Trinajstić information content (AvgIpc) is 2.56. The molecule has 5 heteroatoms. The van der Waals surface area contributed by atoms with Crippen molar-refractivity contribution in [2.24, 2.45) is 0 Å². The number of aromatic nitrogens is 1. The Labute approximate surface area is 156 Å². The van der Waals surface area contributed by atoms with Gasteiger partial charge in [0.05, 0.1) is 8.96 Å². The highest BCUT2D eigenvalue weighted by atomic mass is 79.9. The molecule has 0 spiro atoms. The molecule has 4 rings (SSSR count). The lowest BCUT2D eigenvalue weighted by Crippen LogP contribution is -2.26.